The van der Waals surface area contributed by atoms with Crippen LogP contribution in [0.2, 0.25) is 0 Å². The van der Waals surface area contributed by atoms with E-state index < -0.39 is 17.2 Å². The first kappa shape index (κ1) is 27.1. The third-order valence-corrected chi connectivity index (χ3v) is 6.43. The Morgan fingerprint density at radius 3 is 2.64 bits per heavy atom. The summed E-state index contributed by atoms with van der Waals surface area (Å²) in [5, 5.41) is 9.39. The molecule has 9 heteroatoms. The van der Waals surface area contributed by atoms with E-state index in [1.54, 1.807) is 4.90 Å². The van der Waals surface area contributed by atoms with Gasteiger partial charge in [0.15, 0.2) is 12.4 Å². The number of halogens is 1. The number of amides is 1. The Morgan fingerprint density at radius 1 is 1.22 bits per heavy atom. The van der Waals surface area contributed by atoms with Crippen LogP contribution in [0.4, 0.5) is 4.39 Å². The van der Waals surface area contributed by atoms with Crippen molar-refractivity contribution in [2.75, 3.05) is 26.9 Å². The first-order chi connectivity index (χ1) is 17.4. The normalized spacial score (nSPS) is 13.7. The van der Waals surface area contributed by atoms with Gasteiger partial charge in [0, 0.05) is 44.6 Å². The van der Waals surface area contributed by atoms with Crippen molar-refractivity contribution in [2.24, 2.45) is 0 Å². The standard InChI is InChI=1S/C27H32FN3O5/c1-3-31(22-8-5-4-6-9-22)25(32)18-36-24-11-10-21(28)15-23(24)26(33)20-14-19(16-29)27(34)30(17-20)12-7-13-35-2/h10-11,14-15,17,22H,3-9,12-13,18H2,1-2H3. The maximum atomic E-state index is 14.1. The Kier molecular flexibility index (Phi) is 9.77. The second-order valence-corrected chi connectivity index (χ2v) is 8.83. The van der Waals surface area contributed by atoms with Gasteiger partial charge in [-0.25, -0.2) is 4.39 Å². The van der Waals surface area contributed by atoms with Gasteiger partial charge in [0.1, 0.15) is 23.2 Å². The Bertz CT molecular complexity index is 1180. The topological polar surface area (TPSA) is 102 Å². The number of rotatable bonds is 11. The van der Waals surface area contributed by atoms with Crippen molar-refractivity contribution in [3.63, 3.8) is 0 Å². The molecule has 192 valence electrons. The van der Waals surface area contributed by atoms with E-state index in [9.17, 15) is 24.0 Å². The second kappa shape index (κ2) is 13.0. The first-order valence-corrected chi connectivity index (χ1v) is 12.3. The van der Waals surface area contributed by atoms with Gasteiger partial charge in [0.2, 0.25) is 0 Å². The van der Waals surface area contributed by atoms with Crippen LogP contribution in [-0.2, 0) is 16.1 Å². The number of nitrogens with zero attached hydrogens (tertiary/aromatic N) is 3. The molecule has 1 heterocycles. The molecule has 0 N–H and O–H groups in total. The molecule has 0 bridgehead atoms. The Balaban J connectivity index is 1.84. The minimum Gasteiger partial charge on any atom is -0.483 e. The molecule has 1 aromatic heterocycles. The van der Waals surface area contributed by atoms with Crippen molar-refractivity contribution in [3.05, 3.63) is 63.3 Å². The van der Waals surface area contributed by atoms with E-state index in [2.05, 4.69) is 0 Å². The zero-order valence-electron chi connectivity index (χ0n) is 20.8. The summed E-state index contributed by atoms with van der Waals surface area (Å²) in [5.41, 5.74) is -0.760. The lowest BCUT2D eigenvalue weighted by molar-refractivity contribution is -0.136. The smallest absolute Gasteiger partial charge is 0.268 e. The van der Waals surface area contributed by atoms with Crippen LogP contribution in [0.3, 0.4) is 0 Å². The highest BCUT2D eigenvalue weighted by atomic mass is 19.1. The average molecular weight is 498 g/mol. The van der Waals surface area contributed by atoms with Gasteiger partial charge < -0.3 is 18.9 Å². The summed E-state index contributed by atoms with van der Waals surface area (Å²) in [5.74, 6) is -1.40. The molecule has 1 fully saturated rings. The monoisotopic (exact) mass is 497 g/mol. The number of pyridine rings is 1. The zero-order chi connectivity index (χ0) is 26.1. The maximum absolute atomic E-state index is 14.1. The molecule has 0 radical (unpaired) electrons. The fourth-order valence-electron chi connectivity index (χ4n) is 4.60. The molecule has 0 saturated heterocycles. The number of ether oxygens (including phenoxy) is 2. The van der Waals surface area contributed by atoms with Crippen molar-refractivity contribution in [1.82, 2.24) is 9.47 Å². The quantitative estimate of drug-likeness (QED) is 0.347. The SMILES string of the molecule is CCN(C(=O)COc1ccc(F)cc1C(=O)c1cc(C#N)c(=O)n(CCCOC)c1)C1CCCCC1. The molecule has 1 aromatic carbocycles. The van der Waals surface area contributed by atoms with Gasteiger partial charge in [-0.05, 0) is 50.5 Å². The molecule has 8 nitrogen and oxygen atoms in total. The zero-order valence-corrected chi connectivity index (χ0v) is 20.8. The molecular formula is C27H32FN3O5. The van der Waals surface area contributed by atoms with E-state index in [0.717, 1.165) is 37.8 Å². The van der Waals surface area contributed by atoms with Crippen molar-refractivity contribution in [1.29, 1.82) is 5.26 Å². The summed E-state index contributed by atoms with van der Waals surface area (Å²) in [6.07, 6.45) is 7.12. The number of aryl methyl sites for hydroxylation is 1. The molecule has 0 unspecified atom stereocenters. The molecule has 0 atom stereocenters. The number of hydrogen-bond donors (Lipinski definition) is 0. The molecule has 2 aromatic rings. The van der Waals surface area contributed by atoms with E-state index in [1.165, 1.54) is 36.4 Å². The van der Waals surface area contributed by atoms with E-state index in [-0.39, 0.29) is 47.5 Å². The number of carbonyl (C=O) groups excluding carboxylic acids is 2. The molecule has 1 saturated carbocycles. The highest BCUT2D eigenvalue weighted by Crippen LogP contribution is 2.25. The highest BCUT2D eigenvalue weighted by molar-refractivity contribution is 6.10. The fourth-order valence-corrected chi connectivity index (χ4v) is 4.60. The molecular weight excluding hydrogens is 465 g/mol. The van der Waals surface area contributed by atoms with Crippen LogP contribution >= 0.6 is 0 Å². The van der Waals surface area contributed by atoms with E-state index >= 15 is 0 Å². The van der Waals surface area contributed by atoms with Crippen LogP contribution in [0, 0.1) is 17.1 Å². The van der Waals surface area contributed by atoms with Gasteiger partial charge >= 0.3 is 0 Å². The van der Waals surface area contributed by atoms with Crippen LogP contribution in [0.15, 0.2) is 35.3 Å². The Morgan fingerprint density at radius 2 is 1.97 bits per heavy atom. The first-order valence-electron chi connectivity index (χ1n) is 12.3. The minimum atomic E-state index is -0.650. The molecule has 36 heavy (non-hydrogen) atoms. The predicted molar refractivity (Wildman–Crippen MR) is 131 cm³/mol. The van der Waals surface area contributed by atoms with Crippen molar-refractivity contribution < 1.29 is 23.5 Å². The molecule has 1 amide bonds. The summed E-state index contributed by atoms with van der Waals surface area (Å²) >= 11 is 0. The number of benzene rings is 1. The van der Waals surface area contributed by atoms with Gasteiger partial charge in [-0.1, -0.05) is 19.3 Å². The number of likely N-dealkylation sites (N-methyl/N-ethyl adjacent to an activating group) is 1. The second-order valence-electron chi connectivity index (χ2n) is 8.83. The number of nitriles is 1. The van der Waals surface area contributed by atoms with Gasteiger partial charge in [-0.2, -0.15) is 5.26 Å². The maximum Gasteiger partial charge on any atom is 0.268 e. The van der Waals surface area contributed by atoms with E-state index in [1.807, 2.05) is 13.0 Å². The molecule has 0 spiro atoms. The number of ketones is 1. The van der Waals surface area contributed by atoms with E-state index in [4.69, 9.17) is 9.47 Å². The van der Waals surface area contributed by atoms with E-state index in [0.29, 0.717) is 19.6 Å². The Hall–Kier alpha value is -3.51. The third kappa shape index (κ3) is 6.58. The number of aromatic nitrogens is 1. The minimum absolute atomic E-state index is 0.0442. The third-order valence-electron chi connectivity index (χ3n) is 6.43. The summed E-state index contributed by atoms with van der Waals surface area (Å²) in [6.45, 7) is 2.85. The summed E-state index contributed by atoms with van der Waals surface area (Å²) < 4.78 is 26.2. The number of carbonyl (C=O) groups is 2. The van der Waals surface area contributed by atoms with Gasteiger partial charge in [-0.3, -0.25) is 14.4 Å². The molecule has 1 aliphatic carbocycles. The lowest BCUT2D eigenvalue weighted by Crippen LogP contribution is -2.43. The fraction of sp³-hybridized carbons (Fsp3) is 0.481. The van der Waals surface area contributed by atoms with Crippen LogP contribution < -0.4 is 10.3 Å². The van der Waals surface area contributed by atoms with Crippen molar-refractivity contribution in [2.45, 2.75) is 58.0 Å². The average Bonchev–Trinajstić information content (AvgIpc) is 2.89. The highest BCUT2D eigenvalue weighted by Gasteiger charge is 2.25. The molecule has 1 aliphatic rings. The van der Waals surface area contributed by atoms with Crippen molar-refractivity contribution in [3.8, 4) is 11.8 Å². The lowest BCUT2D eigenvalue weighted by Gasteiger charge is -2.33. The van der Waals surface area contributed by atoms with Crippen LogP contribution in [-0.4, -0.2) is 54.1 Å². The summed E-state index contributed by atoms with van der Waals surface area (Å²) in [4.78, 5) is 40.6. The summed E-state index contributed by atoms with van der Waals surface area (Å²) in [6, 6.07) is 6.69. The van der Waals surface area contributed by atoms with Crippen LogP contribution in [0.5, 0.6) is 5.75 Å². The van der Waals surface area contributed by atoms with Crippen molar-refractivity contribution >= 4 is 11.7 Å². The predicted octanol–water partition coefficient (Wildman–Crippen LogP) is 3.69. The van der Waals surface area contributed by atoms with Gasteiger partial charge in [-0.15, -0.1) is 0 Å². The van der Waals surface area contributed by atoms with Crippen LogP contribution in [0.25, 0.3) is 0 Å². The van der Waals surface area contributed by atoms with Gasteiger partial charge in [0.05, 0.1) is 5.56 Å². The number of methoxy groups -OCH3 is 1. The lowest BCUT2D eigenvalue weighted by atomic mass is 9.94. The van der Waals surface area contributed by atoms with Gasteiger partial charge in [0.25, 0.3) is 11.5 Å². The largest absolute Gasteiger partial charge is 0.483 e. The Labute approximate surface area is 210 Å². The number of hydrogen-bond acceptors (Lipinski definition) is 6. The summed E-state index contributed by atoms with van der Waals surface area (Å²) in [7, 11) is 1.54. The molecule has 0 aliphatic heterocycles. The molecule has 3 rings (SSSR count). The van der Waals surface area contributed by atoms with Crippen LogP contribution in [0.1, 0.15) is 66.9 Å².